The summed E-state index contributed by atoms with van der Waals surface area (Å²) in [4.78, 5) is 25.1. The maximum atomic E-state index is 12.7. The molecule has 0 aliphatic carbocycles. The van der Waals surface area contributed by atoms with E-state index in [0.29, 0.717) is 33.1 Å². The molecule has 3 aromatic carbocycles. The second kappa shape index (κ2) is 10.9. The third kappa shape index (κ3) is 6.49. The predicted molar refractivity (Wildman–Crippen MR) is 145 cm³/mol. The fraction of sp³-hybridized carbons (Fsp3) is 0.259. The van der Waals surface area contributed by atoms with Crippen LogP contribution >= 0.6 is 34.8 Å². The summed E-state index contributed by atoms with van der Waals surface area (Å²) in [7, 11) is 0. The number of benzene rings is 3. The van der Waals surface area contributed by atoms with E-state index < -0.39 is 5.91 Å². The molecule has 0 aliphatic rings. The molecule has 5 nitrogen and oxygen atoms in total. The summed E-state index contributed by atoms with van der Waals surface area (Å²) in [5, 5.41) is 6.58. The molecule has 184 valence electrons. The van der Waals surface area contributed by atoms with E-state index in [1.807, 2.05) is 12.1 Å². The standard InChI is InChI=1S/C27H27Cl3N2O3/c1-15-22(28)16(2)24(30)25(23(15)29)35-14-21(33)31-19-7-6-8-20(13-19)32-26(34)17-9-11-18(12-10-17)27(3,4)5/h6-13H,14H2,1-5H3,(H,31,33)(H,32,34). The van der Waals surface area contributed by atoms with Crippen LogP contribution in [0.2, 0.25) is 15.1 Å². The van der Waals surface area contributed by atoms with Gasteiger partial charge in [0.2, 0.25) is 0 Å². The first-order valence-corrected chi connectivity index (χ1v) is 12.1. The second-order valence-electron chi connectivity index (χ2n) is 9.22. The van der Waals surface area contributed by atoms with Gasteiger partial charge in [0, 0.05) is 22.0 Å². The minimum absolute atomic E-state index is 0.00709. The highest BCUT2D eigenvalue weighted by Gasteiger charge is 2.19. The Kier molecular flexibility index (Phi) is 8.37. The Balaban J connectivity index is 1.63. The minimum Gasteiger partial charge on any atom is -0.481 e. The maximum absolute atomic E-state index is 12.7. The zero-order valence-electron chi connectivity index (χ0n) is 20.2. The van der Waals surface area contributed by atoms with Crippen molar-refractivity contribution in [3.8, 4) is 5.75 Å². The first-order chi connectivity index (χ1) is 16.4. The lowest BCUT2D eigenvalue weighted by Gasteiger charge is -2.19. The first-order valence-electron chi connectivity index (χ1n) is 11.0. The number of ether oxygens (including phenoxy) is 1. The molecule has 8 heteroatoms. The van der Waals surface area contributed by atoms with Crippen LogP contribution in [0.5, 0.6) is 5.75 Å². The average Bonchev–Trinajstić information content (AvgIpc) is 2.81. The molecule has 0 atom stereocenters. The molecule has 0 aliphatic heterocycles. The number of hydrogen-bond donors (Lipinski definition) is 2. The van der Waals surface area contributed by atoms with Crippen LogP contribution in [-0.2, 0) is 10.2 Å². The monoisotopic (exact) mass is 532 g/mol. The number of nitrogens with one attached hydrogen (secondary N) is 2. The summed E-state index contributed by atoms with van der Waals surface area (Å²) in [6, 6.07) is 14.4. The van der Waals surface area contributed by atoms with Crippen LogP contribution in [0.15, 0.2) is 48.5 Å². The molecular weight excluding hydrogens is 507 g/mol. The van der Waals surface area contributed by atoms with Gasteiger partial charge in [-0.15, -0.1) is 0 Å². The highest BCUT2D eigenvalue weighted by atomic mass is 35.5. The Morgan fingerprint density at radius 3 is 1.91 bits per heavy atom. The molecule has 3 aromatic rings. The molecular formula is C27H27Cl3N2O3. The lowest BCUT2D eigenvalue weighted by Crippen LogP contribution is -2.20. The molecule has 0 saturated heterocycles. The van der Waals surface area contributed by atoms with E-state index in [0.717, 1.165) is 5.56 Å². The van der Waals surface area contributed by atoms with E-state index in [1.54, 1.807) is 50.2 Å². The number of halogens is 3. The molecule has 0 spiro atoms. The summed E-state index contributed by atoms with van der Waals surface area (Å²) >= 11 is 18.8. The van der Waals surface area contributed by atoms with Crippen molar-refractivity contribution in [3.63, 3.8) is 0 Å². The summed E-state index contributed by atoms with van der Waals surface area (Å²) in [5.41, 5.74) is 4.00. The molecule has 0 radical (unpaired) electrons. The number of anilines is 2. The number of rotatable bonds is 6. The topological polar surface area (TPSA) is 67.4 Å². The first kappa shape index (κ1) is 26.9. The SMILES string of the molecule is Cc1c(Cl)c(C)c(Cl)c(OCC(=O)Nc2cccc(NC(=O)c3ccc(C(C)(C)C)cc3)c2)c1Cl. The highest BCUT2D eigenvalue weighted by Crippen LogP contribution is 2.42. The van der Waals surface area contributed by atoms with Crippen LogP contribution in [0.1, 0.15) is 47.8 Å². The zero-order valence-corrected chi connectivity index (χ0v) is 22.5. The van der Waals surface area contributed by atoms with Crippen LogP contribution < -0.4 is 15.4 Å². The Hall–Kier alpha value is -2.73. The van der Waals surface area contributed by atoms with E-state index >= 15 is 0 Å². The van der Waals surface area contributed by atoms with Gasteiger partial charge in [-0.05, 0) is 66.3 Å². The van der Waals surface area contributed by atoms with Crippen molar-refractivity contribution in [2.45, 2.75) is 40.0 Å². The predicted octanol–water partition coefficient (Wildman–Crippen LogP) is 7.83. The van der Waals surface area contributed by atoms with Gasteiger partial charge in [0.15, 0.2) is 12.4 Å². The van der Waals surface area contributed by atoms with Crippen LogP contribution in [-0.4, -0.2) is 18.4 Å². The molecule has 2 N–H and O–H groups in total. The van der Waals surface area contributed by atoms with Crippen molar-refractivity contribution in [2.24, 2.45) is 0 Å². The van der Waals surface area contributed by atoms with Crippen molar-refractivity contribution >= 4 is 58.0 Å². The Morgan fingerprint density at radius 2 is 1.37 bits per heavy atom. The molecule has 0 unspecified atom stereocenters. The number of carbonyl (C=O) groups excluding carboxylic acids is 2. The number of hydrogen-bond acceptors (Lipinski definition) is 3. The normalized spacial score (nSPS) is 11.2. The van der Waals surface area contributed by atoms with Gasteiger partial charge in [-0.3, -0.25) is 9.59 Å². The number of carbonyl (C=O) groups is 2. The fourth-order valence-corrected chi connectivity index (χ4v) is 4.19. The van der Waals surface area contributed by atoms with Crippen molar-refractivity contribution in [3.05, 3.63) is 85.9 Å². The lowest BCUT2D eigenvalue weighted by molar-refractivity contribution is -0.118. The van der Waals surface area contributed by atoms with E-state index in [9.17, 15) is 9.59 Å². The molecule has 0 saturated carbocycles. The van der Waals surface area contributed by atoms with Gasteiger partial charge in [0.1, 0.15) is 0 Å². The van der Waals surface area contributed by atoms with Crippen LogP contribution in [0, 0.1) is 13.8 Å². The molecule has 0 fully saturated rings. The van der Waals surface area contributed by atoms with Crippen LogP contribution in [0.3, 0.4) is 0 Å². The summed E-state index contributed by atoms with van der Waals surface area (Å²) < 4.78 is 5.60. The van der Waals surface area contributed by atoms with E-state index in [2.05, 4.69) is 31.4 Å². The van der Waals surface area contributed by atoms with Gasteiger partial charge in [-0.25, -0.2) is 0 Å². The number of amides is 2. The maximum Gasteiger partial charge on any atom is 0.262 e. The Morgan fingerprint density at radius 1 is 0.829 bits per heavy atom. The largest absolute Gasteiger partial charge is 0.481 e. The molecule has 3 rings (SSSR count). The zero-order chi connectivity index (χ0) is 25.9. The van der Waals surface area contributed by atoms with Gasteiger partial charge in [0.25, 0.3) is 11.8 Å². The van der Waals surface area contributed by atoms with Crippen LogP contribution in [0.4, 0.5) is 11.4 Å². The lowest BCUT2D eigenvalue weighted by atomic mass is 9.87. The molecule has 35 heavy (non-hydrogen) atoms. The van der Waals surface area contributed by atoms with Gasteiger partial charge >= 0.3 is 0 Å². The average molecular weight is 534 g/mol. The van der Waals surface area contributed by atoms with Crippen molar-refractivity contribution < 1.29 is 14.3 Å². The molecule has 0 heterocycles. The summed E-state index contributed by atoms with van der Waals surface area (Å²) in [6.07, 6.45) is 0. The Labute approximate surface area is 220 Å². The smallest absolute Gasteiger partial charge is 0.262 e. The van der Waals surface area contributed by atoms with Crippen molar-refractivity contribution in [1.82, 2.24) is 0 Å². The van der Waals surface area contributed by atoms with Crippen LogP contribution in [0.25, 0.3) is 0 Å². The molecule has 0 bridgehead atoms. The molecule has 0 aromatic heterocycles. The second-order valence-corrected chi connectivity index (χ2v) is 10.4. The third-order valence-electron chi connectivity index (χ3n) is 5.48. The van der Waals surface area contributed by atoms with Gasteiger partial charge in [0.05, 0.1) is 10.0 Å². The quantitative estimate of drug-likeness (QED) is 0.339. The summed E-state index contributed by atoms with van der Waals surface area (Å²) in [5.74, 6) is -0.444. The highest BCUT2D eigenvalue weighted by molar-refractivity contribution is 6.42. The minimum atomic E-state index is -0.413. The van der Waals surface area contributed by atoms with Gasteiger partial charge in [-0.1, -0.05) is 73.8 Å². The molecule has 2 amide bonds. The fourth-order valence-electron chi connectivity index (χ4n) is 3.37. The van der Waals surface area contributed by atoms with E-state index in [4.69, 9.17) is 39.5 Å². The van der Waals surface area contributed by atoms with Crippen molar-refractivity contribution in [1.29, 1.82) is 0 Å². The summed E-state index contributed by atoms with van der Waals surface area (Å²) in [6.45, 7) is 9.55. The van der Waals surface area contributed by atoms with Gasteiger partial charge < -0.3 is 15.4 Å². The van der Waals surface area contributed by atoms with Crippen molar-refractivity contribution in [2.75, 3.05) is 17.2 Å². The van der Waals surface area contributed by atoms with E-state index in [1.165, 1.54) is 0 Å². The van der Waals surface area contributed by atoms with E-state index in [-0.39, 0.29) is 33.7 Å². The third-order valence-corrected chi connectivity index (χ3v) is 6.96. The Bertz CT molecular complexity index is 1240. The van der Waals surface area contributed by atoms with Gasteiger partial charge in [-0.2, -0.15) is 0 Å².